The van der Waals surface area contributed by atoms with Gasteiger partial charge in [0.25, 0.3) is 5.91 Å². The average molecular weight is 338 g/mol. The number of hydrogen-bond donors (Lipinski definition) is 1. The fraction of sp³-hybridized carbons (Fsp3) is 0.158. The summed E-state index contributed by atoms with van der Waals surface area (Å²) in [5, 5.41) is 4.92. The van der Waals surface area contributed by atoms with Crippen molar-refractivity contribution in [3.05, 3.63) is 65.2 Å². The molecular weight excluding hydrogens is 320 g/mol. The standard InChI is InChI=1S/C19H18N2O2S/c1-3-23-17-8-5-4-7-15(17)21-19(22)14-10-11-16(20-13(14)2)18-9-6-12-24-18/h4-12H,3H2,1-2H3,(H,21,22). The Morgan fingerprint density at radius 3 is 2.71 bits per heavy atom. The van der Waals surface area contributed by atoms with Gasteiger partial charge in [-0.3, -0.25) is 9.78 Å². The van der Waals surface area contributed by atoms with Gasteiger partial charge in [0, 0.05) is 0 Å². The lowest BCUT2D eigenvalue weighted by Gasteiger charge is -2.12. The molecule has 5 heteroatoms. The van der Waals surface area contributed by atoms with Crippen LogP contribution >= 0.6 is 11.3 Å². The van der Waals surface area contributed by atoms with Gasteiger partial charge in [-0.05, 0) is 49.6 Å². The molecule has 0 saturated heterocycles. The maximum Gasteiger partial charge on any atom is 0.257 e. The number of amides is 1. The molecule has 0 bridgehead atoms. The zero-order valence-electron chi connectivity index (χ0n) is 13.6. The van der Waals surface area contributed by atoms with Gasteiger partial charge < -0.3 is 10.1 Å². The molecule has 2 heterocycles. The van der Waals surface area contributed by atoms with Gasteiger partial charge in [-0.1, -0.05) is 18.2 Å². The first-order valence-electron chi connectivity index (χ1n) is 7.73. The van der Waals surface area contributed by atoms with Crippen molar-refractivity contribution in [2.45, 2.75) is 13.8 Å². The number of nitrogens with one attached hydrogen (secondary N) is 1. The molecule has 0 unspecified atom stereocenters. The zero-order valence-corrected chi connectivity index (χ0v) is 14.4. The Labute approximate surface area is 145 Å². The summed E-state index contributed by atoms with van der Waals surface area (Å²) < 4.78 is 5.54. The first-order valence-corrected chi connectivity index (χ1v) is 8.61. The van der Waals surface area contributed by atoms with Gasteiger partial charge >= 0.3 is 0 Å². The van der Waals surface area contributed by atoms with Crippen LogP contribution < -0.4 is 10.1 Å². The predicted molar refractivity (Wildman–Crippen MR) is 97.9 cm³/mol. The van der Waals surface area contributed by atoms with E-state index in [1.54, 1.807) is 11.3 Å². The van der Waals surface area contributed by atoms with Crippen LogP contribution in [0.5, 0.6) is 5.75 Å². The Hall–Kier alpha value is -2.66. The summed E-state index contributed by atoms with van der Waals surface area (Å²) in [7, 11) is 0. The van der Waals surface area contributed by atoms with E-state index < -0.39 is 0 Å². The highest BCUT2D eigenvalue weighted by Crippen LogP contribution is 2.26. The van der Waals surface area contributed by atoms with Crippen LogP contribution in [0, 0.1) is 6.92 Å². The summed E-state index contributed by atoms with van der Waals surface area (Å²) in [6, 6.07) is 15.1. The topological polar surface area (TPSA) is 51.2 Å². The predicted octanol–water partition coefficient (Wildman–Crippen LogP) is 4.77. The highest BCUT2D eigenvalue weighted by molar-refractivity contribution is 7.13. The summed E-state index contributed by atoms with van der Waals surface area (Å²) in [6.07, 6.45) is 0. The minimum Gasteiger partial charge on any atom is -0.492 e. The highest BCUT2D eigenvalue weighted by Gasteiger charge is 2.14. The fourth-order valence-electron chi connectivity index (χ4n) is 2.40. The Balaban J connectivity index is 1.83. The van der Waals surface area contributed by atoms with Crippen LogP contribution in [0.4, 0.5) is 5.69 Å². The van der Waals surface area contributed by atoms with Crippen LogP contribution in [0.25, 0.3) is 10.6 Å². The van der Waals surface area contributed by atoms with E-state index in [1.807, 2.05) is 67.8 Å². The van der Waals surface area contributed by atoms with Crippen molar-refractivity contribution in [3.8, 4) is 16.3 Å². The minimum atomic E-state index is -0.190. The van der Waals surface area contributed by atoms with Gasteiger partial charge in [-0.2, -0.15) is 0 Å². The third kappa shape index (κ3) is 3.46. The van der Waals surface area contributed by atoms with E-state index in [1.165, 1.54) is 0 Å². The Morgan fingerprint density at radius 2 is 2.00 bits per heavy atom. The van der Waals surface area contributed by atoms with Crippen LogP contribution in [0.2, 0.25) is 0 Å². The largest absolute Gasteiger partial charge is 0.492 e. The van der Waals surface area contributed by atoms with Gasteiger partial charge in [-0.15, -0.1) is 11.3 Å². The van der Waals surface area contributed by atoms with Crippen molar-refractivity contribution in [1.29, 1.82) is 0 Å². The second-order valence-electron chi connectivity index (χ2n) is 5.19. The van der Waals surface area contributed by atoms with E-state index in [9.17, 15) is 4.79 Å². The molecule has 0 fully saturated rings. The van der Waals surface area contributed by atoms with E-state index >= 15 is 0 Å². The van der Waals surface area contributed by atoms with Crippen molar-refractivity contribution in [3.63, 3.8) is 0 Å². The number of anilines is 1. The van der Waals surface area contributed by atoms with Crippen LogP contribution in [-0.2, 0) is 0 Å². The maximum absolute atomic E-state index is 12.6. The van der Waals surface area contributed by atoms with Crippen LogP contribution in [-0.4, -0.2) is 17.5 Å². The average Bonchev–Trinajstić information content (AvgIpc) is 3.11. The molecule has 3 aromatic rings. The second kappa shape index (κ2) is 7.27. The van der Waals surface area contributed by atoms with E-state index in [-0.39, 0.29) is 5.91 Å². The number of carbonyl (C=O) groups is 1. The number of carbonyl (C=O) groups excluding carboxylic acids is 1. The summed E-state index contributed by atoms with van der Waals surface area (Å²) >= 11 is 1.63. The van der Waals surface area contributed by atoms with Crippen LogP contribution in [0.1, 0.15) is 23.0 Å². The van der Waals surface area contributed by atoms with E-state index in [0.29, 0.717) is 29.3 Å². The molecule has 0 radical (unpaired) electrons. The van der Waals surface area contributed by atoms with Crippen molar-refractivity contribution in [2.24, 2.45) is 0 Å². The lowest BCUT2D eigenvalue weighted by atomic mass is 10.1. The molecule has 2 aromatic heterocycles. The maximum atomic E-state index is 12.6. The van der Waals surface area contributed by atoms with Gasteiger partial charge in [0.1, 0.15) is 5.75 Å². The molecule has 0 aliphatic rings. The number of thiophene rings is 1. The SMILES string of the molecule is CCOc1ccccc1NC(=O)c1ccc(-c2cccs2)nc1C. The van der Waals surface area contributed by atoms with Gasteiger partial charge in [0.15, 0.2) is 0 Å². The molecular formula is C19H18N2O2S. The summed E-state index contributed by atoms with van der Waals surface area (Å²) in [5.41, 5.74) is 2.80. The Morgan fingerprint density at radius 1 is 1.17 bits per heavy atom. The molecule has 1 N–H and O–H groups in total. The fourth-order valence-corrected chi connectivity index (χ4v) is 3.10. The molecule has 0 aliphatic heterocycles. The molecule has 4 nitrogen and oxygen atoms in total. The normalized spacial score (nSPS) is 10.4. The smallest absolute Gasteiger partial charge is 0.257 e. The number of para-hydroxylation sites is 2. The number of aromatic nitrogens is 1. The second-order valence-corrected chi connectivity index (χ2v) is 6.14. The summed E-state index contributed by atoms with van der Waals surface area (Å²) in [6.45, 7) is 4.30. The van der Waals surface area contributed by atoms with E-state index in [4.69, 9.17) is 4.74 Å². The van der Waals surface area contributed by atoms with Crippen molar-refractivity contribution < 1.29 is 9.53 Å². The lowest BCUT2D eigenvalue weighted by Crippen LogP contribution is -2.15. The van der Waals surface area contributed by atoms with E-state index in [0.717, 1.165) is 10.6 Å². The minimum absolute atomic E-state index is 0.190. The molecule has 0 spiro atoms. The molecule has 24 heavy (non-hydrogen) atoms. The molecule has 0 aliphatic carbocycles. The number of ether oxygens (including phenoxy) is 1. The summed E-state index contributed by atoms with van der Waals surface area (Å²) in [4.78, 5) is 18.2. The zero-order chi connectivity index (χ0) is 16.9. The number of rotatable bonds is 5. The van der Waals surface area contributed by atoms with Crippen molar-refractivity contribution in [1.82, 2.24) is 4.98 Å². The van der Waals surface area contributed by atoms with Gasteiger partial charge in [0.05, 0.1) is 34.1 Å². The summed E-state index contributed by atoms with van der Waals surface area (Å²) in [5.74, 6) is 0.471. The molecule has 122 valence electrons. The quantitative estimate of drug-likeness (QED) is 0.729. The first kappa shape index (κ1) is 16.2. The first-order chi connectivity index (χ1) is 11.7. The number of nitrogens with zero attached hydrogens (tertiary/aromatic N) is 1. The highest BCUT2D eigenvalue weighted by atomic mass is 32.1. The molecule has 0 saturated carbocycles. The Kier molecular flexibility index (Phi) is 4.91. The third-order valence-corrected chi connectivity index (χ3v) is 4.43. The molecule has 1 amide bonds. The molecule has 0 atom stereocenters. The van der Waals surface area contributed by atoms with Gasteiger partial charge in [0.2, 0.25) is 0 Å². The van der Waals surface area contributed by atoms with Crippen LogP contribution in [0.15, 0.2) is 53.9 Å². The Bertz CT molecular complexity index is 844. The van der Waals surface area contributed by atoms with Crippen molar-refractivity contribution >= 4 is 22.9 Å². The van der Waals surface area contributed by atoms with E-state index in [2.05, 4.69) is 10.3 Å². The lowest BCUT2D eigenvalue weighted by molar-refractivity contribution is 0.102. The monoisotopic (exact) mass is 338 g/mol. The van der Waals surface area contributed by atoms with Gasteiger partial charge in [-0.25, -0.2) is 0 Å². The number of hydrogen-bond acceptors (Lipinski definition) is 4. The number of aryl methyl sites for hydroxylation is 1. The van der Waals surface area contributed by atoms with Crippen LogP contribution in [0.3, 0.4) is 0 Å². The number of pyridine rings is 1. The number of benzene rings is 1. The molecule has 1 aromatic carbocycles. The van der Waals surface area contributed by atoms with Crippen molar-refractivity contribution in [2.75, 3.05) is 11.9 Å². The molecule has 3 rings (SSSR count). The third-order valence-electron chi connectivity index (χ3n) is 3.54.